The number of aromatic nitrogens is 1. The van der Waals surface area contributed by atoms with Crippen molar-refractivity contribution >= 4 is 23.1 Å². The van der Waals surface area contributed by atoms with Crippen LogP contribution in [-0.4, -0.2) is 65.6 Å². The lowest BCUT2D eigenvalue weighted by molar-refractivity contribution is -0.388. The first kappa shape index (κ1) is 26.6. The Morgan fingerprint density at radius 2 is 1.84 bits per heavy atom. The number of nitrogens with zero attached hydrogens (tertiary/aromatic N) is 4. The van der Waals surface area contributed by atoms with E-state index in [0.717, 1.165) is 25.2 Å². The van der Waals surface area contributed by atoms with Gasteiger partial charge in [0, 0.05) is 37.9 Å². The van der Waals surface area contributed by atoms with E-state index in [4.69, 9.17) is 4.74 Å². The summed E-state index contributed by atoms with van der Waals surface area (Å²) in [7, 11) is 0. The van der Waals surface area contributed by atoms with Gasteiger partial charge in [-0.1, -0.05) is 18.2 Å². The molecule has 12 heteroatoms. The van der Waals surface area contributed by atoms with Gasteiger partial charge in [-0.2, -0.15) is 13.2 Å². The van der Waals surface area contributed by atoms with Crippen LogP contribution < -0.4 is 10.2 Å². The monoisotopic (exact) mass is 521 g/mol. The van der Waals surface area contributed by atoms with Crippen LogP contribution in [0.3, 0.4) is 0 Å². The fraction of sp³-hybridized carbons (Fsp3) is 0.520. The number of carbonyl (C=O) groups is 1. The van der Waals surface area contributed by atoms with Crippen molar-refractivity contribution in [3.63, 3.8) is 0 Å². The van der Waals surface area contributed by atoms with E-state index in [2.05, 4.69) is 27.3 Å². The predicted octanol–water partition coefficient (Wildman–Crippen LogP) is 4.49. The van der Waals surface area contributed by atoms with Crippen LogP contribution in [0.25, 0.3) is 0 Å². The average Bonchev–Trinajstić information content (AvgIpc) is 3.14. The highest BCUT2D eigenvalue weighted by molar-refractivity contribution is 5.77. The summed E-state index contributed by atoms with van der Waals surface area (Å²) < 4.78 is 45.5. The van der Waals surface area contributed by atoms with E-state index >= 15 is 0 Å². The van der Waals surface area contributed by atoms with Crippen LogP contribution in [0, 0.1) is 10.1 Å². The molecule has 2 aliphatic rings. The second kappa shape index (κ2) is 11.8. The molecular formula is C25H30F3N5O4. The first-order valence-corrected chi connectivity index (χ1v) is 12.4. The van der Waals surface area contributed by atoms with Crippen molar-refractivity contribution in [3.05, 3.63) is 58.3 Å². The third kappa shape index (κ3) is 7.09. The van der Waals surface area contributed by atoms with Gasteiger partial charge in [-0.3, -0.25) is 14.9 Å². The maximum Gasteiger partial charge on any atom is 0.423 e. The number of amides is 1. The molecule has 1 N–H and O–H groups in total. The highest BCUT2D eigenvalue weighted by atomic mass is 19.4. The number of ether oxygens (including phenoxy) is 1. The number of hydrogen-bond acceptors (Lipinski definition) is 7. The summed E-state index contributed by atoms with van der Waals surface area (Å²) in [5.41, 5.74) is -1.25. The van der Waals surface area contributed by atoms with E-state index in [9.17, 15) is 28.1 Å². The topological polar surface area (TPSA) is 101 Å². The van der Waals surface area contributed by atoms with Gasteiger partial charge in [-0.15, -0.1) is 0 Å². The van der Waals surface area contributed by atoms with E-state index in [0.29, 0.717) is 51.0 Å². The van der Waals surface area contributed by atoms with Gasteiger partial charge < -0.3 is 19.9 Å². The number of rotatable bonds is 7. The zero-order chi connectivity index (χ0) is 26.4. The van der Waals surface area contributed by atoms with Crippen molar-refractivity contribution in [3.8, 4) is 0 Å². The second-order valence-corrected chi connectivity index (χ2v) is 9.33. The minimum atomic E-state index is -4.85. The molecule has 1 aromatic heterocycles. The minimum absolute atomic E-state index is 0.00689. The average molecular weight is 522 g/mol. The number of benzene rings is 1. The fourth-order valence-corrected chi connectivity index (χ4v) is 4.83. The van der Waals surface area contributed by atoms with Crippen molar-refractivity contribution in [1.82, 2.24) is 9.88 Å². The number of alkyl halides is 3. The second-order valence-electron chi connectivity index (χ2n) is 9.33. The van der Waals surface area contributed by atoms with Crippen LogP contribution in [0.5, 0.6) is 0 Å². The molecule has 1 amide bonds. The first-order chi connectivity index (χ1) is 17.7. The van der Waals surface area contributed by atoms with Gasteiger partial charge in [0.25, 0.3) is 5.69 Å². The summed E-state index contributed by atoms with van der Waals surface area (Å²) in [6.45, 7) is 2.98. The molecule has 1 aliphatic carbocycles. The standard InChI is InChI=1S/C25H30F3N5O4/c26-25(27,28)21-15-23(29-16-22(21)33(35)36)30-18-7-9-20(10-8-18)37-17-24(34)32-12-4-11-31(13-14-32)19-5-2-1-3-6-19/h1-3,5-6,15-16,18,20H,4,7-14,17H2,(H,29,30). The number of nitro groups is 1. The summed E-state index contributed by atoms with van der Waals surface area (Å²) in [5, 5.41) is 13.9. The van der Waals surface area contributed by atoms with Gasteiger partial charge >= 0.3 is 6.18 Å². The van der Waals surface area contributed by atoms with E-state index in [1.165, 1.54) is 0 Å². The van der Waals surface area contributed by atoms with Gasteiger partial charge in [0.15, 0.2) is 0 Å². The minimum Gasteiger partial charge on any atom is -0.370 e. The lowest BCUT2D eigenvalue weighted by Crippen LogP contribution is -2.39. The molecule has 0 unspecified atom stereocenters. The van der Waals surface area contributed by atoms with Crippen LogP contribution in [0.2, 0.25) is 0 Å². The van der Waals surface area contributed by atoms with Crippen LogP contribution in [0.15, 0.2) is 42.6 Å². The highest BCUT2D eigenvalue weighted by Crippen LogP contribution is 2.37. The largest absolute Gasteiger partial charge is 0.423 e. The Labute approximate surface area is 212 Å². The summed E-state index contributed by atoms with van der Waals surface area (Å²) in [5.74, 6) is -0.0897. The Morgan fingerprint density at radius 1 is 1.11 bits per heavy atom. The normalized spacial score (nSPS) is 20.8. The van der Waals surface area contributed by atoms with Crippen molar-refractivity contribution in [2.45, 2.75) is 50.4 Å². The van der Waals surface area contributed by atoms with Crippen LogP contribution in [0.1, 0.15) is 37.7 Å². The molecule has 0 bridgehead atoms. The van der Waals surface area contributed by atoms with Crippen LogP contribution in [0.4, 0.5) is 30.4 Å². The molecular weight excluding hydrogens is 491 g/mol. The Morgan fingerprint density at radius 3 is 2.51 bits per heavy atom. The molecule has 1 saturated heterocycles. The number of hydrogen-bond donors (Lipinski definition) is 1. The van der Waals surface area contributed by atoms with Crippen LogP contribution in [-0.2, 0) is 15.7 Å². The third-order valence-electron chi connectivity index (χ3n) is 6.82. The van der Waals surface area contributed by atoms with Crippen molar-refractivity contribution < 1.29 is 27.6 Å². The van der Waals surface area contributed by atoms with Crippen LogP contribution >= 0.6 is 0 Å². The maximum absolute atomic E-state index is 13.2. The summed E-state index contributed by atoms with van der Waals surface area (Å²) in [6, 6.07) is 10.7. The Balaban J connectivity index is 1.22. The van der Waals surface area contributed by atoms with E-state index < -0.39 is 22.4 Å². The lowest BCUT2D eigenvalue weighted by Gasteiger charge is -2.30. The molecule has 200 valence electrons. The molecule has 2 fully saturated rings. The number of para-hydroxylation sites is 1. The molecule has 37 heavy (non-hydrogen) atoms. The van der Waals surface area contributed by atoms with E-state index in [-0.39, 0.29) is 30.5 Å². The van der Waals surface area contributed by atoms with Gasteiger partial charge in [0.05, 0.1) is 11.0 Å². The summed E-state index contributed by atoms with van der Waals surface area (Å²) in [6.07, 6.45) is -0.920. The first-order valence-electron chi connectivity index (χ1n) is 12.4. The van der Waals surface area contributed by atoms with Crippen molar-refractivity contribution in [2.24, 2.45) is 0 Å². The Hall–Kier alpha value is -3.41. The van der Waals surface area contributed by atoms with Gasteiger partial charge in [-0.05, 0) is 50.3 Å². The van der Waals surface area contributed by atoms with Gasteiger partial charge in [-0.25, -0.2) is 4.98 Å². The molecule has 0 radical (unpaired) electrons. The summed E-state index contributed by atoms with van der Waals surface area (Å²) in [4.78, 5) is 30.5. The van der Waals surface area contributed by atoms with E-state index in [1.807, 2.05) is 23.1 Å². The highest BCUT2D eigenvalue weighted by Gasteiger charge is 2.39. The number of anilines is 2. The smallest absolute Gasteiger partial charge is 0.370 e. The molecule has 1 aromatic carbocycles. The quantitative estimate of drug-likeness (QED) is 0.423. The Bertz CT molecular complexity index is 1080. The van der Waals surface area contributed by atoms with Gasteiger partial charge in [0.2, 0.25) is 5.91 Å². The van der Waals surface area contributed by atoms with Gasteiger partial charge in [0.1, 0.15) is 24.2 Å². The number of pyridine rings is 1. The van der Waals surface area contributed by atoms with Crippen molar-refractivity contribution in [1.29, 1.82) is 0 Å². The molecule has 9 nitrogen and oxygen atoms in total. The molecule has 4 rings (SSSR count). The molecule has 1 saturated carbocycles. The summed E-state index contributed by atoms with van der Waals surface area (Å²) >= 11 is 0. The SMILES string of the molecule is O=C(COC1CCC(Nc2cc(C(F)(F)F)c([N+](=O)[O-])cn2)CC1)N1CCCN(c2ccccc2)CC1. The predicted molar refractivity (Wildman–Crippen MR) is 131 cm³/mol. The zero-order valence-corrected chi connectivity index (χ0v) is 20.3. The Kier molecular flexibility index (Phi) is 8.47. The fourth-order valence-electron chi connectivity index (χ4n) is 4.83. The molecule has 0 atom stereocenters. The molecule has 0 spiro atoms. The van der Waals surface area contributed by atoms with Crippen molar-refractivity contribution in [2.75, 3.05) is 43.0 Å². The number of nitrogens with one attached hydrogen (secondary N) is 1. The molecule has 2 heterocycles. The number of halogens is 3. The van der Waals surface area contributed by atoms with E-state index in [1.54, 1.807) is 0 Å². The molecule has 2 aromatic rings. The number of carbonyl (C=O) groups excluding carboxylic acids is 1. The lowest BCUT2D eigenvalue weighted by atomic mass is 9.93. The maximum atomic E-state index is 13.2. The zero-order valence-electron chi connectivity index (χ0n) is 20.3. The molecule has 1 aliphatic heterocycles. The third-order valence-corrected chi connectivity index (χ3v) is 6.82.